The predicted octanol–water partition coefficient (Wildman–Crippen LogP) is 1.49. The number of hydrogen-bond donors (Lipinski definition) is 1. The Labute approximate surface area is 96.7 Å². The summed E-state index contributed by atoms with van der Waals surface area (Å²) in [5, 5.41) is 13.7. The first-order valence-corrected chi connectivity index (χ1v) is 4.81. The lowest BCUT2D eigenvalue weighted by Crippen LogP contribution is -1.99. The predicted molar refractivity (Wildman–Crippen MR) is 61.5 cm³/mol. The molecule has 86 valence electrons. The Bertz CT molecular complexity index is 544. The highest BCUT2D eigenvalue weighted by Gasteiger charge is 2.17. The van der Waals surface area contributed by atoms with Gasteiger partial charge < -0.3 is 5.32 Å². The van der Waals surface area contributed by atoms with Gasteiger partial charge in [0, 0.05) is 31.1 Å². The fourth-order valence-electron chi connectivity index (χ4n) is 1.37. The van der Waals surface area contributed by atoms with Crippen LogP contribution >= 0.6 is 0 Å². The van der Waals surface area contributed by atoms with E-state index in [1.165, 1.54) is 24.8 Å². The second-order valence-electron chi connectivity index (χ2n) is 3.20. The molecule has 0 spiro atoms. The quantitative estimate of drug-likeness (QED) is 0.635. The maximum absolute atomic E-state index is 10.9. The normalized spacial score (nSPS) is 9.94. The summed E-state index contributed by atoms with van der Waals surface area (Å²) in [6.07, 6.45) is 4.33. The summed E-state index contributed by atoms with van der Waals surface area (Å²) < 4.78 is 0. The number of hydrogen-bond acceptors (Lipinski definition) is 6. The number of anilines is 1. The summed E-state index contributed by atoms with van der Waals surface area (Å²) in [5.41, 5.74) is 0.692. The molecule has 0 amide bonds. The van der Waals surface area contributed by atoms with E-state index in [9.17, 15) is 10.1 Å². The van der Waals surface area contributed by atoms with E-state index < -0.39 is 4.92 Å². The minimum absolute atomic E-state index is 0.0706. The molecular formula is C10H9N5O2. The third-order valence-corrected chi connectivity index (χ3v) is 2.16. The van der Waals surface area contributed by atoms with Gasteiger partial charge in [-0.05, 0) is 6.07 Å². The van der Waals surface area contributed by atoms with Crippen LogP contribution in [0.4, 0.5) is 11.5 Å². The molecule has 17 heavy (non-hydrogen) atoms. The van der Waals surface area contributed by atoms with Crippen molar-refractivity contribution in [3.05, 3.63) is 41.0 Å². The lowest BCUT2D eigenvalue weighted by Gasteiger charge is -2.04. The Morgan fingerprint density at radius 2 is 2.00 bits per heavy atom. The van der Waals surface area contributed by atoms with Crippen LogP contribution in [0.15, 0.2) is 30.9 Å². The Balaban J connectivity index is 2.61. The highest BCUT2D eigenvalue weighted by Crippen LogP contribution is 2.27. The number of aromatic nitrogens is 3. The summed E-state index contributed by atoms with van der Waals surface area (Å²) in [7, 11) is 1.69. The molecule has 0 unspecified atom stereocenters. The number of nitro groups is 1. The average molecular weight is 231 g/mol. The Kier molecular flexibility index (Phi) is 2.91. The molecule has 0 aliphatic rings. The first-order chi connectivity index (χ1) is 8.22. The van der Waals surface area contributed by atoms with Gasteiger partial charge in [-0.15, -0.1) is 0 Å². The Morgan fingerprint density at radius 1 is 1.29 bits per heavy atom. The molecule has 1 N–H and O–H groups in total. The van der Waals surface area contributed by atoms with Crippen LogP contribution in [0.1, 0.15) is 0 Å². The molecule has 2 rings (SSSR count). The van der Waals surface area contributed by atoms with Gasteiger partial charge in [-0.2, -0.15) is 0 Å². The van der Waals surface area contributed by atoms with Crippen molar-refractivity contribution in [2.75, 3.05) is 12.4 Å². The van der Waals surface area contributed by atoms with Crippen LogP contribution in [-0.2, 0) is 0 Å². The maximum Gasteiger partial charge on any atom is 0.295 e. The molecule has 0 aliphatic carbocycles. The second-order valence-corrected chi connectivity index (χ2v) is 3.20. The third kappa shape index (κ3) is 2.17. The van der Waals surface area contributed by atoms with Crippen LogP contribution in [0.5, 0.6) is 0 Å². The molecule has 0 aliphatic heterocycles. The molecule has 0 saturated heterocycles. The summed E-state index contributed by atoms with van der Waals surface area (Å²) in [5.74, 6) is 0.550. The molecular weight excluding hydrogens is 222 g/mol. The van der Waals surface area contributed by atoms with E-state index in [1.54, 1.807) is 13.1 Å². The van der Waals surface area contributed by atoms with Crippen LogP contribution in [0.25, 0.3) is 11.3 Å². The third-order valence-electron chi connectivity index (χ3n) is 2.16. The number of pyridine rings is 1. The largest absolute Gasteiger partial charge is 0.373 e. The molecule has 0 atom stereocenters. The average Bonchev–Trinajstić information content (AvgIpc) is 2.39. The molecule has 0 aromatic carbocycles. The van der Waals surface area contributed by atoms with Gasteiger partial charge in [0.05, 0.1) is 4.92 Å². The molecule has 2 heterocycles. The van der Waals surface area contributed by atoms with Crippen molar-refractivity contribution < 1.29 is 4.92 Å². The van der Waals surface area contributed by atoms with Gasteiger partial charge in [-0.25, -0.2) is 15.0 Å². The van der Waals surface area contributed by atoms with Crippen molar-refractivity contribution in [2.45, 2.75) is 0 Å². The number of nitrogens with zero attached hydrogens (tertiary/aromatic N) is 4. The van der Waals surface area contributed by atoms with Crippen molar-refractivity contribution >= 4 is 11.5 Å². The molecule has 0 bridgehead atoms. The van der Waals surface area contributed by atoms with E-state index in [4.69, 9.17) is 0 Å². The van der Waals surface area contributed by atoms with Crippen LogP contribution < -0.4 is 5.32 Å². The number of nitrogens with one attached hydrogen (secondary N) is 1. The van der Waals surface area contributed by atoms with Crippen molar-refractivity contribution in [3.8, 4) is 11.3 Å². The summed E-state index contributed by atoms with van der Waals surface area (Å²) >= 11 is 0. The van der Waals surface area contributed by atoms with Crippen molar-refractivity contribution in [1.29, 1.82) is 0 Å². The van der Waals surface area contributed by atoms with Gasteiger partial charge in [0.25, 0.3) is 5.69 Å². The fraction of sp³-hybridized carbons (Fsp3) is 0.100. The smallest absolute Gasteiger partial charge is 0.295 e. The monoisotopic (exact) mass is 231 g/mol. The van der Waals surface area contributed by atoms with Crippen LogP contribution in [0, 0.1) is 10.1 Å². The van der Waals surface area contributed by atoms with Gasteiger partial charge >= 0.3 is 0 Å². The van der Waals surface area contributed by atoms with Crippen molar-refractivity contribution in [3.63, 3.8) is 0 Å². The number of rotatable bonds is 3. The summed E-state index contributed by atoms with van der Waals surface area (Å²) in [6, 6.07) is 2.95. The molecule has 0 saturated carbocycles. The zero-order chi connectivity index (χ0) is 12.3. The first-order valence-electron chi connectivity index (χ1n) is 4.81. The van der Waals surface area contributed by atoms with E-state index in [2.05, 4.69) is 20.3 Å². The zero-order valence-corrected chi connectivity index (χ0v) is 8.99. The highest BCUT2D eigenvalue weighted by atomic mass is 16.6. The molecule has 0 radical (unpaired) electrons. The molecule has 7 nitrogen and oxygen atoms in total. The van der Waals surface area contributed by atoms with Crippen LogP contribution in [0.2, 0.25) is 0 Å². The van der Waals surface area contributed by atoms with E-state index in [-0.39, 0.29) is 11.4 Å². The van der Waals surface area contributed by atoms with E-state index in [0.29, 0.717) is 11.4 Å². The van der Waals surface area contributed by atoms with Crippen molar-refractivity contribution in [1.82, 2.24) is 15.0 Å². The zero-order valence-electron chi connectivity index (χ0n) is 8.99. The first kappa shape index (κ1) is 10.9. The van der Waals surface area contributed by atoms with Crippen LogP contribution in [-0.4, -0.2) is 26.9 Å². The molecule has 7 heteroatoms. The summed E-state index contributed by atoms with van der Waals surface area (Å²) in [4.78, 5) is 22.2. The Hall–Kier alpha value is -2.57. The Morgan fingerprint density at radius 3 is 2.59 bits per heavy atom. The molecule has 2 aromatic heterocycles. The molecule has 0 fully saturated rings. The standard InChI is InChI=1S/C10H9N5O2/c1-11-9-3-2-8(15(16)17)10(14-9)7-4-12-6-13-5-7/h2-6H,1H3,(H,11,14). The van der Waals surface area contributed by atoms with Gasteiger partial charge in [-0.3, -0.25) is 10.1 Å². The summed E-state index contributed by atoms with van der Waals surface area (Å²) in [6.45, 7) is 0. The lowest BCUT2D eigenvalue weighted by molar-refractivity contribution is -0.384. The lowest BCUT2D eigenvalue weighted by atomic mass is 10.2. The second kappa shape index (κ2) is 4.52. The minimum Gasteiger partial charge on any atom is -0.373 e. The van der Waals surface area contributed by atoms with E-state index in [1.807, 2.05) is 0 Å². The van der Waals surface area contributed by atoms with E-state index in [0.717, 1.165) is 0 Å². The fourth-order valence-corrected chi connectivity index (χ4v) is 1.37. The van der Waals surface area contributed by atoms with Gasteiger partial charge in [0.2, 0.25) is 0 Å². The van der Waals surface area contributed by atoms with Gasteiger partial charge in [0.15, 0.2) is 5.69 Å². The van der Waals surface area contributed by atoms with Gasteiger partial charge in [0.1, 0.15) is 12.1 Å². The minimum atomic E-state index is -0.477. The molecule has 2 aromatic rings. The maximum atomic E-state index is 10.9. The van der Waals surface area contributed by atoms with Gasteiger partial charge in [-0.1, -0.05) is 0 Å². The van der Waals surface area contributed by atoms with Crippen LogP contribution in [0.3, 0.4) is 0 Å². The van der Waals surface area contributed by atoms with Crippen molar-refractivity contribution in [2.24, 2.45) is 0 Å². The SMILES string of the molecule is CNc1ccc([N+](=O)[O-])c(-c2cncnc2)n1. The highest BCUT2D eigenvalue weighted by molar-refractivity contribution is 5.70. The van der Waals surface area contributed by atoms with E-state index >= 15 is 0 Å². The topological polar surface area (TPSA) is 93.8 Å².